The minimum Gasteiger partial charge on any atom is -0.0836 e. The molecule has 94 valence electrons. The van der Waals surface area contributed by atoms with E-state index in [1.54, 1.807) is 0 Å². The van der Waals surface area contributed by atoms with Crippen LogP contribution in [0, 0.1) is 0 Å². The fraction of sp³-hybridized carbons (Fsp3) is 0.333. The van der Waals surface area contributed by atoms with E-state index in [-0.39, 0.29) is 0 Å². The van der Waals surface area contributed by atoms with Gasteiger partial charge in [-0.1, -0.05) is 62.4 Å². The van der Waals surface area contributed by atoms with Crippen molar-refractivity contribution >= 4 is 5.57 Å². The van der Waals surface area contributed by atoms with Crippen molar-refractivity contribution in [2.75, 3.05) is 0 Å². The average molecular weight is 238 g/mol. The molecule has 1 aliphatic rings. The smallest absolute Gasteiger partial charge is 0.0222 e. The molecule has 0 fully saturated rings. The van der Waals surface area contributed by atoms with Crippen LogP contribution in [0.5, 0.6) is 0 Å². The van der Waals surface area contributed by atoms with E-state index in [2.05, 4.69) is 62.4 Å². The van der Waals surface area contributed by atoms with Crippen LogP contribution in [0.3, 0.4) is 0 Å². The summed E-state index contributed by atoms with van der Waals surface area (Å²) >= 11 is 0. The Morgan fingerprint density at radius 2 is 1.67 bits per heavy atom. The molecule has 0 radical (unpaired) electrons. The zero-order valence-electron chi connectivity index (χ0n) is 11.4. The molecule has 2 rings (SSSR count). The van der Waals surface area contributed by atoms with Crippen LogP contribution in [0.25, 0.3) is 5.57 Å². The van der Waals surface area contributed by atoms with Gasteiger partial charge in [0.05, 0.1) is 0 Å². The Bertz CT molecular complexity index is 472. The second-order valence-corrected chi connectivity index (χ2v) is 4.67. The first-order chi connectivity index (χ1) is 8.86. The van der Waals surface area contributed by atoms with Crippen LogP contribution in [0.2, 0.25) is 0 Å². The van der Waals surface area contributed by atoms with E-state index in [0.29, 0.717) is 0 Å². The molecule has 0 heterocycles. The quantitative estimate of drug-likeness (QED) is 0.646. The van der Waals surface area contributed by atoms with E-state index in [4.69, 9.17) is 0 Å². The summed E-state index contributed by atoms with van der Waals surface area (Å²) in [5.74, 6) is 0. The van der Waals surface area contributed by atoms with Crippen molar-refractivity contribution in [3.63, 3.8) is 0 Å². The van der Waals surface area contributed by atoms with Gasteiger partial charge in [0, 0.05) is 0 Å². The minimum absolute atomic E-state index is 1.10. The molecule has 18 heavy (non-hydrogen) atoms. The maximum atomic E-state index is 2.39. The van der Waals surface area contributed by atoms with Crippen LogP contribution < -0.4 is 0 Å². The van der Waals surface area contributed by atoms with Crippen molar-refractivity contribution in [2.24, 2.45) is 0 Å². The molecule has 0 bridgehead atoms. The average Bonchev–Trinajstić information content (AvgIpc) is 2.46. The summed E-state index contributed by atoms with van der Waals surface area (Å²) in [7, 11) is 0. The normalized spacial score (nSPS) is 16.2. The van der Waals surface area contributed by atoms with E-state index in [9.17, 15) is 0 Å². The molecule has 1 aliphatic carbocycles. The Morgan fingerprint density at radius 3 is 2.22 bits per heavy atom. The van der Waals surface area contributed by atoms with E-state index in [1.807, 2.05) is 0 Å². The van der Waals surface area contributed by atoms with Gasteiger partial charge in [-0.15, -0.1) is 0 Å². The Hall–Kier alpha value is -1.56. The summed E-state index contributed by atoms with van der Waals surface area (Å²) < 4.78 is 0. The molecule has 0 aliphatic heterocycles. The number of allylic oxidation sites excluding steroid dienone is 6. The summed E-state index contributed by atoms with van der Waals surface area (Å²) in [6.07, 6.45) is 11.5. The molecular formula is C18H22. The van der Waals surface area contributed by atoms with Gasteiger partial charge in [-0.25, -0.2) is 0 Å². The van der Waals surface area contributed by atoms with Crippen molar-refractivity contribution in [3.05, 3.63) is 65.3 Å². The summed E-state index contributed by atoms with van der Waals surface area (Å²) in [6, 6.07) is 10.8. The number of hydrogen-bond donors (Lipinski definition) is 0. The molecule has 0 amide bonds. The first-order valence-electron chi connectivity index (χ1n) is 7.01. The van der Waals surface area contributed by atoms with E-state index >= 15 is 0 Å². The van der Waals surface area contributed by atoms with Crippen LogP contribution in [-0.2, 0) is 0 Å². The Labute approximate surface area is 111 Å². The maximum Gasteiger partial charge on any atom is -0.0222 e. The van der Waals surface area contributed by atoms with Crippen molar-refractivity contribution < 1.29 is 0 Å². The second-order valence-electron chi connectivity index (χ2n) is 4.67. The SMILES string of the molecule is CC/C(C1=CCCC=C1)=C(/CC)c1ccccc1. The first kappa shape index (κ1) is 12.9. The summed E-state index contributed by atoms with van der Waals surface area (Å²) in [5.41, 5.74) is 5.82. The molecule has 0 saturated carbocycles. The minimum atomic E-state index is 1.10. The molecule has 0 N–H and O–H groups in total. The highest BCUT2D eigenvalue weighted by molar-refractivity contribution is 5.73. The molecule has 0 unspecified atom stereocenters. The lowest BCUT2D eigenvalue weighted by atomic mass is 9.89. The highest BCUT2D eigenvalue weighted by Gasteiger charge is 2.10. The van der Waals surface area contributed by atoms with Gasteiger partial charge in [-0.2, -0.15) is 0 Å². The highest BCUT2D eigenvalue weighted by atomic mass is 14.1. The standard InChI is InChI=1S/C18H22/c1-3-17(15-11-7-5-8-12-15)18(4-2)16-13-9-6-10-14-16/h5,7-9,11-14H,3-4,6,10H2,1-2H3/b18-17+. The van der Waals surface area contributed by atoms with Gasteiger partial charge < -0.3 is 0 Å². The van der Waals surface area contributed by atoms with Crippen LogP contribution in [0.1, 0.15) is 45.1 Å². The van der Waals surface area contributed by atoms with E-state index in [1.165, 1.54) is 35.1 Å². The van der Waals surface area contributed by atoms with E-state index in [0.717, 1.165) is 12.8 Å². The third-order valence-corrected chi connectivity index (χ3v) is 3.54. The second kappa shape index (κ2) is 6.39. The molecule has 0 spiro atoms. The Morgan fingerprint density at radius 1 is 0.944 bits per heavy atom. The van der Waals surface area contributed by atoms with Crippen LogP contribution in [0.15, 0.2) is 59.7 Å². The molecule has 1 aromatic carbocycles. The maximum absolute atomic E-state index is 2.39. The van der Waals surface area contributed by atoms with Crippen molar-refractivity contribution in [1.29, 1.82) is 0 Å². The predicted molar refractivity (Wildman–Crippen MR) is 80.4 cm³/mol. The topological polar surface area (TPSA) is 0 Å². The summed E-state index contributed by atoms with van der Waals surface area (Å²) in [5, 5.41) is 0. The van der Waals surface area contributed by atoms with Gasteiger partial charge in [0.15, 0.2) is 0 Å². The molecule has 1 aromatic rings. The molecular weight excluding hydrogens is 216 g/mol. The molecule has 0 heteroatoms. The van der Waals surface area contributed by atoms with Gasteiger partial charge in [-0.3, -0.25) is 0 Å². The third-order valence-electron chi connectivity index (χ3n) is 3.54. The van der Waals surface area contributed by atoms with Crippen molar-refractivity contribution in [2.45, 2.75) is 39.5 Å². The lowest BCUT2D eigenvalue weighted by Gasteiger charge is -2.16. The molecule has 0 saturated heterocycles. The molecule has 0 aromatic heterocycles. The molecule has 0 nitrogen and oxygen atoms in total. The van der Waals surface area contributed by atoms with Crippen LogP contribution in [-0.4, -0.2) is 0 Å². The fourth-order valence-electron chi connectivity index (χ4n) is 2.66. The first-order valence-corrected chi connectivity index (χ1v) is 7.01. The lowest BCUT2D eigenvalue weighted by Crippen LogP contribution is -1.96. The largest absolute Gasteiger partial charge is 0.0836 e. The number of rotatable bonds is 4. The predicted octanol–water partition coefficient (Wildman–Crippen LogP) is 5.54. The van der Waals surface area contributed by atoms with Gasteiger partial charge in [0.1, 0.15) is 0 Å². The Kier molecular flexibility index (Phi) is 4.58. The van der Waals surface area contributed by atoms with Crippen LogP contribution in [0.4, 0.5) is 0 Å². The Balaban J connectivity index is 2.46. The highest BCUT2D eigenvalue weighted by Crippen LogP contribution is 2.31. The fourth-order valence-corrected chi connectivity index (χ4v) is 2.66. The monoisotopic (exact) mass is 238 g/mol. The van der Waals surface area contributed by atoms with E-state index < -0.39 is 0 Å². The number of hydrogen-bond acceptors (Lipinski definition) is 0. The summed E-state index contributed by atoms with van der Waals surface area (Å²) in [6.45, 7) is 4.52. The van der Waals surface area contributed by atoms with Gasteiger partial charge in [-0.05, 0) is 48.0 Å². The lowest BCUT2D eigenvalue weighted by molar-refractivity contribution is 0.999. The van der Waals surface area contributed by atoms with Gasteiger partial charge in [0.25, 0.3) is 0 Å². The summed E-state index contributed by atoms with van der Waals surface area (Å²) in [4.78, 5) is 0. The number of benzene rings is 1. The van der Waals surface area contributed by atoms with Crippen LogP contribution >= 0.6 is 0 Å². The third kappa shape index (κ3) is 2.81. The zero-order valence-corrected chi connectivity index (χ0v) is 11.4. The molecule has 0 atom stereocenters. The zero-order chi connectivity index (χ0) is 12.8. The van der Waals surface area contributed by atoms with Gasteiger partial charge >= 0.3 is 0 Å². The van der Waals surface area contributed by atoms with Gasteiger partial charge in [0.2, 0.25) is 0 Å². The van der Waals surface area contributed by atoms with Crippen molar-refractivity contribution in [3.8, 4) is 0 Å². The van der Waals surface area contributed by atoms with Crippen molar-refractivity contribution in [1.82, 2.24) is 0 Å².